The van der Waals surface area contributed by atoms with Crippen LogP contribution in [0.5, 0.6) is 5.75 Å². The van der Waals surface area contributed by atoms with Crippen molar-refractivity contribution in [3.63, 3.8) is 0 Å². The Morgan fingerprint density at radius 2 is 1.55 bits per heavy atom. The lowest BCUT2D eigenvalue weighted by atomic mass is 10.0. The van der Waals surface area contributed by atoms with Crippen LogP contribution in [0.1, 0.15) is 27.7 Å². The molecule has 6 atom stereocenters. The van der Waals surface area contributed by atoms with E-state index in [1.165, 1.54) is 0 Å². The quantitative estimate of drug-likeness (QED) is 0.529. The van der Waals surface area contributed by atoms with Crippen LogP contribution in [-0.4, -0.2) is 48.4 Å². The number of benzene rings is 2. The molecule has 0 aromatic heterocycles. The minimum Gasteiger partial charge on any atom is -0.477 e. The Hall–Kier alpha value is -1.93. The van der Waals surface area contributed by atoms with Gasteiger partial charge in [0.05, 0.1) is 6.61 Å². The van der Waals surface area contributed by atoms with Crippen LogP contribution >= 0.6 is 7.37 Å². The van der Waals surface area contributed by atoms with E-state index in [0.717, 1.165) is 0 Å². The average molecular weight is 475 g/mol. The average Bonchev–Trinajstić information content (AvgIpc) is 3.30. The molecule has 0 amide bonds. The number of nitrogens with two attached hydrogens (primary N) is 1. The Kier molecular flexibility index (Phi) is 5.59. The largest absolute Gasteiger partial charge is 0.477 e. The molecule has 0 bridgehead atoms. The second-order valence-corrected chi connectivity index (χ2v) is 11.9. The Morgan fingerprint density at radius 1 is 0.879 bits per heavy atom. The highest BCUT2D eigenvalue weighted by molar-refractivity contribution is 7.67. The summed E-state index contributed by atoms with van der Waals surface area (Å²) in [7, 11) is -3.62. The number of hydrogen-bond acceptors (Lipinski definition) is 8. The normalized spacial score (nSPS) is 36.9. The van der Waals surface area contributed by atoms with E-state index in [1.807, 2.05) is 45.9 Å². The summed E-state index contributed by atoms with van der Waals surface area (Å²) in [4.78, 5) is 0. The summed E-state index contributed by atoms with van der Waals surface area (Å²) in [5.41, 5.74) is 6.44. The summed E-state index contributed by atoms with van der Waals surface area (Å²) in [5, 5.41) is 0.542. The van der Waals surface area contributed by atoms with Gasteiger partial charge in [0.25, 0.3) is 7.37 Å². The van der Waals surface area contributed by atoms with Crippen molar-refractivity contribution < 1.29 is 32.8 Å². The minimum atomic E-state index is -3.62. The third-order valence-electron chi connectivity index (χ3n) is 6.03. The maximum atomic E-state index is 14.7. The fraction of sp³-hybridized carbons (Fsp3) is 0.500. The molecule has 178 valence electrons. The number of ether oxygens (including phenoxy) is 5. The fourth-order valence-corrected chi connectivity index (χ4v) is 7.23. The molecule has 3 aliphatic rings. The van der Waals surface area contributed by atoms with Crippen LogP contribution in [0, 0.1) is 0 Å². The molecule has 2 N–H and O–H groups in total. The molecule has 8 nitrogen and oxygen atoms in total. The second kappa shape index (κ2) is 8.08. The minimum absolute atomic E-state index is 0.295. The van der Waals surface area contributed by atoms with E-state index in [4.69, 9.17) is 33.9 Å². The molecule has 2 aromatic carbocycles. The van der Waals surface area contributed by atoms with Gasteiger partial charge in [-0.3, -0.25) is 4.57 Å². The lowest BCUT2D eigenvalue weighted by Crippen LogP contribution is -2.56. The molecule has 0 unspecified atom stereocenters. The highest BCUT2D eigenvalue weighted by atomic mass is 31.2. The van der Waals surface area contributed by atoms with Crippen LogP contribution in [0.15, 0.2) is 54.6 Å². The van der Waals surface area contributed by atoms with Gasteiger partial charge in [0.1, 0.15) is 30.2 Å². The van der Waals surface area contributed by atoms with E-state index in [9.17, 15) is 4.57 Å². The summed E-state index contributed by atoms with van der Waals surface area (Å²) in [5.74, 6) is -2.10. The molecular weight excluding hydrogens is 445 g/mol. The third kappa shape index (κ3) is 4.32. The van der Waals surface area contributed by atoms with Crippen LogP contribution < -0.4 is 15.8 Å². The zero-order chi connectivity index (χ0) is 23.4. The van der Waals surface area contributed by atoms with Gasteiger partial charge in [-0.1, -0.05) is 18.2 Å². The second-order valence-electron chi connectivity index (χ2n) is 9.51. The zero-order valence-electron chi connectivity index (χ0n) is 19.2. The monoisotopic (exact) mass is 475 g/mol. The highest BCUT2D eigenvalue weighted by Crippen LogP contribution is 2.61. The van der Waals surface area contributed by atoms with Crippen molar-refractivity contribution in [2.24, 2.45) is 0 Å². The number of rotatable bonds is 4. The SMILES string of the molecule is CC1(C)O[C@H]2[C@@H]([C@H]3COC(C)(C)O3)O[P@](=O)(c3ccccc3)[C@@H](Oc3ccc(N)cc3)[C@H]2O1. The van der Waals surface area contributed by atoms with Gasteiger partial charge in [0.2, 0.25) is 5.85 Å². The van der Waals surface area contributed by atoms with Crippen molar-refractivity contribution in [1.82, 2.24) is 0 Å². The van der Waals surface area contributed by atoms with Crippen molar-refractivity contribution in [2.45, 2.75) is 69.5 Å². The summed E-state index contributed by atoms with van der Waals surface area (Å²) < 4.78 is 51.9. The molecule has 33 heavy (non-hydrogen) atoms. The van der Waals surface area contributed by atoms with E-state index in [2.05, 4.69) is 0 Å². The Balaban J connectivity index is 1.57. The summed E-state index contributed by atoms with van der Waals surface area (Å²) >= 11 is 0. The van der Waals surface area contributed by atoms with Gasteiger partial charge in [0, 0.05) is 11.0 Å². The first-order valence-corrected chi connectivity index (χ1v) is 12.8. The van der Waals surface area contributed by atoms with Crippen molar-refractivity contribution in [3.05, 3.63) is 54.6 Å². The highest BCUT2D eigenvalue weighted by Gasteiger charge is 2.64. The fourth-order valence-electron chi connectivity index (χ4n) is 4.61. The molecule has 0 saturated carbocycles. The molecular formula is C24H30NO7P. The summed E-state index contributed by atoms with van der Waals surface area (Å²) in [6, 6.07) is 16.0. The standard InChI is InChI=1S/C24H30NO7P/c1-23(2)27-14-18(29-23)19-20-21(31-24(3,4)30-20)22(28-16-12-10-15(25)11-13-16)33(26,32-19)17-8-6-5-7-9-17/h5-13,18-22H,14,25H2,1-4H3/t18-,19-,20+,21+,22-,33-/m1/s1. The van der Waals surface area contributed by atoms with Gasteiger partial charge in [-0.25, -0.2) is 0 Å². The molecule has 0 aliphatic carbocycles. The van der Waals surface area contributed by atoms with Gasteiger partial charge < -0.3 is 33.9 Å². The smallest absolute Gasteiger partial charge is 0.274 e. The summed E-state index contributed by atoms with van der Waals surface area (Å²) in [6.45, 7) is 7.63. The number of fused-ring (bicyclic) bond motifs is 1. The van der Waals surface area contributed by atoms with E-state index >= 15 is 0 Å². The van der Waals surface area contributed by atoms with Crippen LogP contribution in [-0.2, 0) is 28.0 Å². The van der Waals surface area contributed by atoms with Crippen LogP contribution in [0.3, 0.4) is 0 Å². The first-order valence-electron chi connectivity index (χ1n) is 11.1. The molecule has 5 rings (SSSR count). The van der Waals surface area contributed by atoms with Crippen LogP contribution in [0.4, 0.5) is 5.69 Å². The number of anilines is 1. The number of hydrogen-bond donors (Lipinski definition) is 1. The van der Waals surface area contributed by atoms with Crippen molar-refractivity contribution in [3.8, 4) is 5.75 Å². The van der Waals surface area contributed by atoms with Crippen molar-refractivity contribution in [2.75, 3.05) is 12.3 Å². The van der Waals surface area contributed by atoms with Gasteiger partial charge in [-0.2, -0.15) is 0 Å². The number of nitrogen functional groups attached to an aromatic ring is 1. The predicted molar refractivity (Wildman–Crippen MR) is 123 cm³/mol. The molecule has 2 aromatic rings. The lowest BCUT2D eigenvalue weighted by molar-refractivity contribution is -0.174. The van der Waals surface area contributed by atoms with Gasteiger partial charge in [-0.15, -0.1) is 0 Å². The molecule has 3 heterocycles. The van der Waals surface area contributed by atoms with Crippen molar-refractivity contribution in [1.29, 1.82) is 0 Å². The van der Waals surface area contributed by atoms with Crippen LogP contribution in [0.25, 0.3) is 0 Å². The van der Waals surface area contributed by atoms with Crippen molar-refractivity contribution >= 4 is 18.4 Å². The van der Waals surface area contributed by atoms with Gasteiger partial charge in [0.15, 0.2) is 11.6 Å². The molecule has 3 saturated heterocycles. The predicted octanol–water partition coefficient (Wildman–Crippen LogP) is 3.65. The van der Waals surface area contributed by atoms with Gasteiger partial charge in [-0.05, 0) is 64.1 Å². The van der Waals surface area contributed by atoms with Crippen LogP contribution in [0.2, 0.25) is 0 Å². The van der Waals surface area contributed by atoms with Gasteiger partial charge >= 0.3 is 0 Å². The van der Waals surface area contributed by atoms with E-state index in [1.54, 1.807) is 36.4 Å². The van der Waals surface area contributed by atoms with E-state index in [0.29, 0.717) is 23.3 Å². The first kappa shape index (κ1) is 22.8. The molecule has 3 fully saturated rings. The maximum Gasteiger partial charge on any atom is 0.274 e. The Morgan fingerprint density at radius 3 is 2.18 bits per heavy atom. The molecule has 0 radical (unpaired) electrons. The third-order valence-corrected chi connectivity index (χ3v) is 8.68. The zero-order valence-corrected chi connectivity index (χ0v) is 20.1. The summed E-state index contributed by atoms with van der Waals surface area (Å²) in [6.07, 6.45) is -2.36. The molecule has 9 heteroatoms. The molecule has 0 spiro atoms. The molecule has 3 aliphatic heterocycles. The van der Waals surface area contributed by atoms with E-state index in [-0.39, 0.29) is 0 Å². The topological polar surface area (TPSA) is 98.5 Å². The Labute approximate surface area is 193 Å². The lowest BCUT2D eigenvalue weighted by Gasteiger charge is -2.43. The Bertz CT molecular complexity index is 1040. The maximum absolute atomic E-state index is 14.7. The van der Waals surface area contributed by atoms with E-state index < -0.39 is 49.2 Å². The first-order chi connectivity index (χ1) is 15.6.